The van der Waals surface area contributed by atoms with E-state index in [9.17, 15) is 0 Å². The molecule has 1 aliphatic rings. The highest BCUT2D eigenvalue weighted by Gasteiger charge is 2.15. The van der Waals surface area contributed by atoms with Crippen LogP contribution in [0.2, 0.25) is 0 Å². The van der Waals surface area contributed by atoms with Gasteiger partial charge in [-0.2, -0.15) is 0 Å². The molecule has 1 fully saturated rings. The van der Waals surface area contributed by atoms with Crippen molar-refractivity contribution in [2.24, 2.45) is 5.92 Å². The van der Waals surface area contributed by atoms with Crippen LogP contribution in [0.5, 0.6) is 5.75 Å². The van der Waals surface area contributed by atoms with Crippen molar-refractivity contribution in [3.63, 3.8) is 0 Å². The van der Waals surface area contributed by atoms with Gasteiger partial charge in [0, 0.05) is 10.0 Å². The van der Waals surface area contributed by atoms with E-state index >= 15 is 0 Å². The maximum absolute atomic E-state index is 6.07. The first-order valence-electron chi connectivity index (χ1n) is 7.29. The molecular formula is C16H24BrNO. The first kappa shape index (κ1) is 14.9. The van der Waals surface area contributed by atoms with E-state index in [4.69, 9.17) is 4.74 Å². The van der Waals surface area contributed by atoms with E-state index in [2.05, 4.69) is 47.2 Å². The van der Waals surface area contributed by atoms with Gasteiger partial charge in [-0.25, -0.2) is 0 Å². The van der Waals surface area contributed by atoms with Gasteiger partial charge in [0.1, 0.15) is 5.75 Å². The number of hydrogen-bond donors (Lipinski definition) is 1. The van der Waals surface area contributed by atoms with Crippen LogP contribution in [-0.2, 0) is 0 Å². The smallest absolute Gasteiger partial charge is 0.123 e. The van der Waals surface area contributed by atoms with Crippen LogP contribution in [0.15, 0.2) is 22.7 Å². The van der Waals surface area contributed by atoms with Gasteiger partial charge in [0.2, 0.25) is 0 Å². The molecule has 1 aliphatic heterocycles. The summed E-state index contributed by atoms with van der Waals surface area (Å²) in [4.78, 5) is 0. The molecule has 1 aromatic carbocycles. The second-order valence-corrected chi connectivity index (χ2v) is 6.42. The lowest BCUT2D eigenvalue weighted by Gasteiger charge is -2.24. The standard InChI is InChI=1S/C16H24BrNO/c1-12(6-7-14-8-10-18-11-9-14)19-16-5-3-4-15(17)13(16)2/h3-5,12,14,18H,6-11H2,1-2H3. The Morgan fingerprint density at radius 1 is 1.37 bits per heavy atom. The second-order valence-electron chi connectivity index (χ2n) is 5.56. The molecule has 0 amide bonds. The van der Waals surface area contributed by atoms with Crippen LogP contribution in [0.4, 0.5) is 0 Å². The summed E-state index contributed by atoms with van der Waals surface area (Å²) in [7, 11) is 0. The summed E-state index contributed by atoms with van der Waals surface area (Å²) in [5.74, 6) is 1.89. The van der Waals surface area contributed by atoms with Crippen molar-refractivity contribution in [1.29, 1.82) is 0 Å². The zero-order valence-corrected chi connectivity index (χ0v) is 13.5. The molecule has 2 nitrogen and oxygen atoms in total. The van der Waals surface area contributed by atoms with E-state index in [1.165, 1.54) is 37.9 Å². The lowest BCUT2D eigenvalue weighted by atomic mass is 9.92. The number of benzene rings is 1. The fourth-order valence-electron chi connectivity index (χ4n) is 2.63. The Kier molecular flexibility index (Phi) is 5.71. The van der Waals surface area contributed by atoms with Crippen molar-refractivity contribution in [3.05, 3.63) is 28.2 Å². The van der Waals surface area contributed by atoms with Gasteiger partial charge in [0.25, 0.3) is 0 Å². The highest BCUT2D eigenvalue weighted by Crippen LogP contribution is 2.27. The molecule has 19 heavy (non-hydrogen) atoms. The number of nitrogens with one attached hydrogen (secondary N) is 1. The maximum Gasteiger partial charge on any atom is 0.123 e. The minimum atomic E-state index is 0.294. The summed E-state index contributed by atoms with van der Waals surface area (Å²) in [5.41, 5.74) is 1.19. The topological polar surface area (TPSA) is 21.3 Å². The minimum absolute atomic E-state index is 0.294. The number of piperidine rings is 1. The van der Waals surface area contributed by atoms with Gasteiger partial charge in [0.05, 0.1) is 6.10 Å². The molecule has 0 bridgehead atoms. The molecule has 1 heterocycles. The van der Waals surface area contributed by atoms with Crippen LogP contribution in [0.25, 0.3) is 0 Å². The Bertz CT molecular complexity index is 402. The van der Waals surface area contributed by atoms with Crippen LogP contribution in [0.3, 0.4) is 0 Å². The molecule has 1 N–H and O–H groups in total. The highest BCUT2D eigenvalue weighted by molar-refractivity contribution is 9.10. The van der Waals surface area contributed by atoms with E-state index in [0.717, 1.165) is 22.6 Å². The van der Waals surface area contributed by atoms with Crippen LogP contribution in [0.1, 0.15) is 38.2 Å². The molecule has 2 rings (SSSR count). The molecule has 0 aliphatic carbocycles. The number of rotatable bonds is 5. The van der Waals surface area contributed by atoms with Gasteiger partial charge < -0.3 is 10.1 Å². The molecule has 1 saturated heterocycles. The molecule has 0 radical (unpaired) electrons. The zero-order valence-electron chi connectivity index (χ0n) is 11.9. The van der Waals surface area contributed by atoms with E-state index in [1.807, 2.05) is 6.07 Å². The van der Waals surface area contributed by atoms with Crippen LogP contribution < -0.4 is 10.1 Å². The first-order chi connectivity index (χ1) is 9.16. The van der Waals surface area contributed by atoms with E-state index in [1.54, 1.807) is 0 Å². The lowest BCUT2D eigenvalue weighted by Crippen LogP contribution is -2.28. The Balaban J connectivity index is 1.80. The van der Waals surface area contributed by atoms with Crippen molar-refractivity contribution < 1.29 is 4.74 Å². The SMILES string of the molecule is Cc1c(Br)cccc1OC(C)CCC1CCNCC1. The normalized spacial score (nSPS) is 18.3. The van der Waals surface area contributed by atoms with E-state index in [-0.39, 0.29) is 0 Å². The van der Waals surface area contributed by atoms with Crippen LogP contribution in [0, 0.1) is 12.8 Å². The minimum Gasteiger partial charge on any atom is -0.490 e. The van der Waals surface area contributed by atoms with Crippen molar-refractivity contribution in [2.45, 2.75) is 45.6 Å². The first-order valence-corrected chi connectivity index (χ1v) is 8.08. The Morgan fingerprint density at radius 3 is 2.84 bits per heavy atom. The Morgan fingerprint density at radius 2 is 2.11 bits per heavy atom. The summed E-state index contributed by atoms with van der Waals surface area (Å²) >= 11 is 3.55. The highest BCUT2D eigenvalue weighted by atomic mass is 79.9. The third kappa shape index (κ3) is 4.50. The number of halogens is 1. The Labute approximate surface area is 125 Å². The van der Waals surface area contributed by atoms with Crippen molar-refractivity contribution in [1.82, 2.24) is 5.32 Å². The quantitative estimate of drug-likeness (QED) is 0.871. The van der Waals surface area contributed by atoms with Gasteiger partial charge in [-0.3, -0.25) is 0 Å². The van der Waals surface area contributed by atoms with Gasteiger partial charge in [0.15, 0.2) is 0 Å². The largest absolute Gasteiger partial charge is 0.490 e. The molecule has 0 aromatic heterocycles. The molecule has 1 unspecified atom stereocenters. The fourth-order valence-corrected chi connectivity index (χ4v) is 2.98. The van der Waals surface area contributed by atoms with Crippen LogP contribution in [-0.4, -0.2) is 19.2 Å². The van der Waals surface area contributed by atoms with Gasteiger partial charge in [-0.05, 0) is 70.7 Å². The van der Waals surface area contributed by atoms with Crippen LogP contribution >= 0.6 is 15.9 Å². The molecule has 0 saturated carbocycles. The summed E-state index contributed by atoms with van der Waals surface area (Å²) < 4.78 is 7.19. The predicted molar refractivity (Wildman–Crippen MR) is 83.8 cm³/mol. The second kappa shape index (κ2) is 7.30. The summed E-state index contributed by atoms with van der Waals surface area (Å²) in [6.07, 6.45) is 5.38. The van der Waals surface area contributed by atoms with Crippen molar-refractivity contribution in [3.8, 4) is 5.75 Å². The number of ether oxygens (including phenoxy) is 1. The molecule has 1 atom stereocenters. The summed E-state index contributed by atoms with van der Waals surface area (Å²) in [5, 5.41) is 3.42. The molecule has 1 aromatic rings. The van der Waals surface area contributed by atoms with Crippen molar-refractivity contribution >= 4 is 15.9 Å². The number of hydrogen-bond acceptors (Lipinski definition) is 2. The third-order valence-electron chi connectivity index (χ3n) is 3.99. The monoisotopic (exact) mass is 325 g/mol. The van der Waals surface area contributed by atoms with E-state index in [0.29, 0.717) is 6.10 Å². The summed E-state index contributed by atoms with van der Waals surface area (Å²) in [6, 6.07) is 6.15. The predicted octanol–water partition coefficient (Wildman–Crippen LogP) is 4.30. The molecular weight excluding hydrogens is 302 g/mol. The average molecular weight is 326 g/mol. The Hall–Kier alpha value is -0.540. The van der Waals surface area contributed by atoms with Gasteiger partial charge in [-0.15, -0.1) is 0 Å². The molecule has 3 heteroatoms. The molecule has 106 valence electrons. The maximum atomic E-state index is 6.07. The van der Waals surface area contributed by atoms with Gasteiger partial charge >= 0.3 is 0 Å². The zero-order chi connectivity index (χ0) is 13.7. The third-order valence-corrected chi connectivity index (χ3v) is 4.85. The van der Waals surface area contributed by atoms with E-state index < -0.39 is 0 Å². The summed E-state index contributed by atoms with van der Waals surface area (Å²) in [6.45, 7) is 6.65. The van der Waals surface area contributed by atoms with Gasteiger partial charge in [-0.1, -0.05) is 22.0 Å². The lowest BCUT2D eigenvalue weighted by molar-refractivity contribution is 0.191. The van der Waals surface area contributed by atoms with Crippen molar-refractivity contribution in [2.75, 3.05) is 13.1 Å². The average Bonchev–Trinajstić information content (AvgIpc) is 2.43. The molecule has 0 spiro atoms. The fraction of sp³-hybridized carbons (Fsp3) is 0.625.